The van der Waals surface area contributed by atoms with E-state index in [1.165, 1.54) is 16.0 Å². The van der Waals surface area contributed by atoms with E-state index in [0.29, 0.717) is 12.1 Å². The Kier molecular flexibility index (Phi) is 4.80. The number of carbonyl (C=O) groups is 1. The van der Waals surface area contributed by atoms with Crippen LogP contribution in [-0.4, -0.2) is 25.3 Å². The first-order valence-corrected chi connectivity index (χ1v) is 8.74. The summed E-state index contributed by atoms with van der Waals surface area (Å²) in [6, 6.07) is 16.4. The summed E-state index contributed by atoms with van der Waals surface area (Å²) >= 11 is 1.68. The minimum atomic E-state index is -0.0162. The molecule has 0 radical (unpaired) electrons. The smallest absolute Gasteiger partial charge is 0.251 e. The molecule has 0 aliphatic carbocycles. The van der Waals surface area contributed by atoms with Crippen LogP contribution in [0.3, 0.4) is 0 Å². The lowest BCUT2D eigenvalue weighted by Crippen LogP contribution is -2.38. The van der Waals surface area contributed by atoms with E-state index in [1.807, 2.05) is 30.5 Å². The standard InChI is InChI=1S/C18H20N2OS/c1-22-15-8-6-14(7-9-15)18(21)20-12-17-16-5-3-2-4-13(16)10-11-19-17/h2-9,17,19H,10-12H2,1H3,(H,20,21). The van der Waals surface area contributed by atoms with E-state index in [1.54, 1.807) is 11.8 Å². The second kappa shape index (κ2) is 6.99. The number of rotatable bonds is 4. The van der Waals surface area contributed by atoms with Crippen LogP contribution in [0.4, 0.5) is 0 Å². The zero-order chi connectivity index (χ0) is 15.4. The quantitative estimate of drug-likeness (QED) is 0.853. The van der Waals surface area contributed by atoms with Crippen molar-refractivity contribution < 1.29 is 4.79 Å². The van der Waals surface area contributed by atoms with Crippen LogP contribution in [0.1, 0.15) is 27.5 Å². The van der Waals surface area contributed by atoms with Crippen molar-refractivity contribution in [2.75, 3.05) is 19.3 Å². The van der Waals surface area contributed by atoms with E-state index < -0.39 is 0 Å². The Hall–Kier alpha value is -1.78. The van der Waals surface area contributed by atoms with Gasteiger partial charge in [0.2, 0.25) is 0 Å². The van der Waals surface area contributed by atoms with Crippen molar-refractivity contribution in [3.8, 4) is 0 Å². The molecule has 0 aromatic heterocycles. The fourth-order valence-corrected chi connectivity index (χ4v) is 3.22. The first-order valence-electron chi connectivity index (χ1n) is 7.51. The van der Waals surface area contributed by atoms with E-state index in [9.17, 15) is 4.79 Å². The van der Waals surface area contributed by atoms with Gasteiger partial charge in [-0.3, -0.25) is 4.79 Å². The Balaban J connectivity index is 1.64. The fourth-order valence-electron chi connectivity index (χ4n) is 2.81. The van der Waals surface area contributed by atoms with Gasteiger partial charge in [-0.05, 0) is 54.6 Å². The minimum Gasteiger partial charge on any atom is -0.350 e. The van der Waals surface area contributed by atoms with Crippen LogP contribution in [-0.2, 0) is 6.42 Å². The van der Waals surface area contributed by atoms with Crippen molar-refractivity contribution in [1.29, 1.82) is 0 Å². The van der Waals surface area contributed by atoms with E-state index in [2.05, 4.69) is 34.9 Å². The Morgan fingerprint density at radius 1 is 1.23 bits per heavy atom. The third-order valence-corrected chi connectivity index (χ3v) is 4.78. The number of amides is 1. The van der Waals surface area contributed by atoms with Crippen molar-refractivity contribution >= 4 is 17.7 Å². The van der Waals surface area contributed by atoms with Crippen LogP contribution in [0.2, 0.25) is 0 Å². The van der Waals surface area contributed by atoms with Crippen LogP contribution >= 0.6 is 11.8 Å². The van der Waals surface area contributed by atoms with Crippen molar-refractivity contribution in [2.45, 2.75) is 17.4 Å². The summed E-state index contributed by atoms with van der Waals surface area (Å²) in [5.41, 5.74) is 3.39. The molecular weight excluding hydrogens is 292 g/mol. The third kappa shape index (κ3) is 3.34. The van der Waals surface area contributed by atoms with Crippen molar-refractivity contribution in [3.05, 3.63) is 65.2 Å². The lowest BCUT2D eigenvalue weighted by Gasteiger charge is -2.27. The van der Waals surface area contributed by atoms with Crippen LogP contribution in [0.15, 0.2) is 53.4 Å². The fraction of sp³-hybridized carbons (Fsp3) is 0.278. The molecule has 1 unspecified atom stereocenters. The third-order valence-electron chi connectivity index (χ3n) is 4.03. The highest BCUT2D eigenvalue weighted by atomic mass is 32.2. The van der Waals surface area contributed by atoms with Gasteiger partial charge >= 0.3 is 0 Å². The lowest BCUT2D eigenvalue weighted by molar-refractivity contribution is 0.0949. The summed E-state index contributed by atoms with van der Waals surface area (Å²) in [7, 11) is 0. The highest BCUT2D eigenvalue weighted by Gasteiger charge is 2.19. The predicted octanol–water partition coefficient (Wildman–Crippen LogP) is 3.03. The van der Waals surface area contributed by atoms with Gasteiger partial charge in [0.1, 0.15) is 0 Å². The van der Waals surface area contributed by atoms with Gasteiger partial charge in [-0.15, -0.1) is 11.8 Å². The second-order valence-corrected chi connectivity index (χ2v) is 6.27. The Morgan fingerprint density at radius 3 is 2.77 bits per heavy atom. The van der Waals surface area contributed by atoms with E-state index in [0.717, 1.165) is 13.0 Å². The largest absolute Gasteiger partial charge is 0.350 e. The van der Waals surface area contributed by atoms with Crippen LogP contribution in [0.5, 0.6) is 0 Å². The molecule has 2 aromatic rings. The molecule has 0 saturated heterocycles. The van der Waals surface area contributed by atoms with Gasteiger partial charge in [-0.25, -0.2) is 0 Å². The molecule has 0 fully saturated rings. The average molecular weight is 312 g/mol. The van der Waals surface area contributed by atoms with Gasteiger partial charge in [0.15, 0.2) is 0 Å². The number of hydrogen-bond donors (Lipinski definition) is 2. The normalized spacial score (nSPS) is 16.9. The Labute approximate surface area is 135 Å². The number of thioether (sulfide) groups is 1. The molecule has 22 heavy (non-hydrogen) atoms. The van der Waals surface area contributed by atoms with E-state index in [4.69, 9.17) is 0 Å². The maximum atomic E-state index is 12.3. The van der Waals surface area contributed by atoms with Gasteiger partial charge in [0.25, 0.3) is 5.91 Å². The maximum Gasteiger partial charge on any atom is 0.251 e. The summed E-state index contributed by atoms with van der Waals surface area (Å²) in [6.45, 7) is 1.57. The Bertz CT molecular complexity index is 654. The van der Waals surface area contributed by atoms with Gasteiger partial charge in [0.05, 0.1) is 0 Å². The molecule has 1 atom stereocenters. The van der Waals surface area contributed by atoms with Gasteiger partial charge in [-0.2, -0.15) is 0 Å². The molecule has 0 bridgehead atoms. The van der Waals surface area contributed by atoms with Gasteiger partial charge in [0, 0.05) is 23.0 Å². The molecule has 1 amide bonds. The highest BCUT2D eigenvalue weighted by Crippen LogP contribution is 2.22. The number of nitrogens with one attached hydrogen (secondary N) is 2. The molecule has 1 aliphatic rings. The maximum absolute atomic E-state index is 12.3. The molecule has 114 valence electrons. The van der Waals surface area contributed by atoms with E-state index >= 15 is 0 Å². The molecule has 4 heteroatoms. The monoisotopic (exact) mass is 312 g/mol. The van der Waals surface area contributed by atoms with Crippen LogP contribution in [0, 0.1) is 0 Å². The number of carbonyl (C=O) groups excluding carboxylic acids is 1. The Morgan fingerprint density at radius 2 is 2.00 bits per heavy atom. The SMILES string of the molecule is CSc1ccc(C(=O)NCC2NCCc3ccccc32)cc1. The summed E-state index contributed by atoms with van der Waals surface area (Å²) in [5, 5.41) is 6.52. The van der Waals surface area contributed by atoms with Gasteiger partial charge < -0.3 is 10.6 Å². The predicted molar refractivity (Wildman–Crippen MR) is 91.4 cm³/mol. The lowest BCUT2D eigenvalue weighted by atomic mass is 9.94. The van der Waals surface area contributed by atoms with Crippen molar-refractivity contribution in [3.63, 3.8) is 0 Å². The highest BCUT2D eigenvalue weighted by molar-refractivity contribution is 7.98. The zero-order valence-electron chi connectivity index (χ0n) is 12.6. The van der Waals surface area contributed by atoms with Gasteiger partial charge in [-0.1, -0.05) is 24.3 Å². The summed E-state index contributed by atoms with van der Waals surface area (Å²) in [4.78, 5) is 13.4. The molecule has 1 heterocycles. The molecule has 0 spiro atoms. The molecule has 2 N–H and O–H groups in total. The molecule has 1 aliphatic heterocycles. The zero-order valence-corrected chi connectivity index (χ0v) is 13.5. The molecule has 3 nitrogen and oxygen atoms in total. The molecule has 2 aromatic carbocycles. The van der Waals surface area contributed by atoms with Crippen molar-refractivity contribution in [2.24, 2.45) is 0 Å². The van der Waals surface area contributed by atoms with Crippen LogP contribution in [0.25, 0.3) is 0 Å². The topological polar surface area (TPSA) is 41.1 Å². The second-order valence-electron chi connectivity index (χ2n) is 5.39. The number of hydrogen-bond acceptors (Lipinski definition) is 3. The minimum absolute atomic E-state index is 0.0162. The van der Waals surface area contributed by atoms with Crippen molar-refractivity contribution in [1.82, 2.24) is 10.6 Å². The molecule has 0 saturated carbocycles. The first kappa shape index (κ1) is 15.1. The number of benzene rings is 2. The number of fused-ring (bicyclic) bond motifs is 1. The van der Waals surface area contributed by atoms with E-state index in [-0.39, 0.29) is 11.9 Å². The summed E-state index contributed by atoms with van der Waals surface area (Å²) in [5.74, 6) is -0.0162. The summed E-state index contributed by atoms with van der Waals surface area (Å²) in [6.07, 6.45) is 3.08. The molecule has 3 rings (SSSR count). The average Bonchev–Trinajstić information content (AvgIpc) is 2.59. The molecular formula is C18H20N2OS. The first-order chi connectivity index (χ1) is 10.8. The summed E-state index contributed by atoms with van der Waals surface area (Å²) < 4.78 is 0. The van der Waals surface area contributed by atoms with Crippen LogP contribution < -0.4 is 10.6 Å².